The molecule has 0 amide bonds. The van der Waals surface area contributed by atoms with Crippen LogP contribution in [-0.2, 0) is 21.1 Å². The van der Waals surface area contributed by atoms with Crippen LogP contribution >= 0.6 is 24.0 Å². The molecule has 0 bridgehead atoms. The van der Waals surface area contributed by atoms with E-state index in [2.05, 4.69) is 15.6 Å². The topological polar surface area (TPSA) is 79.8 Å². The van der Waals surface area contributed by atoms with Crippen molar-refractivity contribution >= 4 is 39.8 Å². The number of hydrogen-bond acceptors (Lipinski definition) is 4. The van der Waals surface area contributed by atoms with Gasteiger partial charge in [0.25, 0.3) is 0 Å². The van der Waals surface area contributed by atoms with E-state index < -0.39 is 9.84 Å². The summed E-state index contributed by atoms with van der Waals surface area (Å²) in [6.07, 6.45) is 1.20. The lowest BCUT2D eigenvalue weighted by atomic mass is 10.2. The van der Waals surface area contributed by atoms with Crippen LogP contribution in [0.5, 0.6) is 0 Å². The average Bonchev–Trinajstić information content (AvgIpc) is 2.48. The maximum atomic E-state index is 11.0. The standard InChI is InChI=1S/C15H25N3O3S.HI/c1-3-16-15(18-13-14-7-5-4-6-8-14)17-9-10-21-11-12-22(2,19)20;/h4-8H,3,9-13H2,1-2H3,(H2,16,17,18);1H. The summed E-state index contributed by atoms with van der Waals surface area (Å²) >= 11 is 0. The van der Waals surface area contributed by atoms with Gasteiger partial charge >= 0.3 is 0 Å². The zero-order chi connectivity index (χ0) is 16.3. The molecule has 0 spiro atoms. The van der Waals surface area contributed by atoms with Crippen molar-refractivity contribution in [3.63, 3.8) is 0 Å². The highest BCUT2D eigenvalue weighted by Gasteiger charge is 2.01. The van der Waals surface area contributed by atoms with Gasteiger partial charge in [0, 0.05) is 19.3 Å². The first-order chi connectivity index (χ1) is 10.5. The summed E-state index contributed by atoms with van der Waals surface area (Å²) in [5, 5.41) is 6.31. The van der Waals surface area contributed by atoms with Gasteiger partial charge in [-0.2, -0.15) is 0 Å². The number of sulfone groups is 1. The largest absolute Gasteiger partial charge is 0.379 e. The number of rotatable bonds is 9. The Morgan fingerprint density at radius 3 is 2.48 bits per heavy atom. The third-order valence-corrected chi connectivity index (χ3v) is 3.65. The Labute approximate surface area is 156 Å². The van der Waals surface area contributed by atoms with Crippen molar-refractivity contribution in [2.24, 2.45) is 4.99 Å². The van der Waals surface area contributed by atoms with E-state index >= 15 is 0 Å². The molecule has 132 valence electrons. The van der Waals surface area contributed by atoms with Gasteiger partial charge in [0.15, 0.2) is 5.96 Å². The number of ether oxygens (including phenoxy) is 1. The monoisotopic (exact) mass is 455 g/mol. The highest BCUT2D eigenvalue weighted by atomic mass is 127. The summed E-state index contributed by atoms with van der Waals surface area (Å²) < 4.78 is 27.2. The minimum Gasteiger partial charge on any atom is -0.379 e. The molecular formula is C15H26IN3O3S. The Kier molecular flexibility index (Phi) is 12.1. The third-order valence-electron chi connectivity index (χ3n) is 2.74. The number of guanidine groups is 1. The number of nitrogens with zero attached hydrogens (tertiary/aromatic N) is 1. The van der Waals surface area contributed by atoms with Crippen LogP contribution in [0, 0.1) is 0 Å². The Morgan fingerprint density at radius 1 is 1.17 bits per heavy atom. The average molecular weight is 455 g/mol. The summed E-state index contributed by atoms with van der Waals surface area (Å²) in [7, 11) is -2.96. The Hall–Kier alpha value is -0.870. The molecule has 0 aliphatic heterocycles. The molecule has 1 aromatic carbocycles. The highest BCUT2D eigenvalue weighted by Crippen LogP contribution is 1.99. The fourth-order valence-electron chi connectivity index (χ4n) is 1.65. The first kappa shape index (κ1) is 22.1. The van der Waals surface area contributed by atoms with E-state index in [1.165, 1.54) is 6.26 Å². The van der Waals surface area contributed by atoms with E-state index in [1.54, 1.807) is 0 Å². The molecule has 6 nitrogen and oxygen atoms in total. The molecule has 0 heterocycles. The van der Waals surface area contributed by atoms with Crippen LogP contribution in [0.25, 0.3) is 0 Å². The number of aliphatic imine (C=N–C) groups is 1. The van der Waals surface area contributed by atoms with Crippen molar-refractivity contribution in [1.82, 2.24) is 10.6 Å². The van der Waals surface area contributed by atoms with Gasteiger partial charge in [0.2, 0.25) is 0 Å². The van der Waals surface area contributed by atoms with E-state index in [1.807, 2.05) is 37.3 Å². The molecule has 0 saturated carbocycles. The maximum Gasteiger partial charge on any atom is 0.191 e. The smallest absolute Gasteiger partial charge is 0.191 e. The second-order valence-electron chi connectivity index (χ2n) is 4.85. The molecule has 0 aliphatic carbocycles. The maximum absolute atomic E-state index is 11.0. The van der Waals surface area contributed by atoms with Gasteiger partial charge in [-0.1, -0.05) is 30.3 Å². The predicted molar refractivity (Wildman–Crippen MR) is 105 cm³/mol. The molecule has 0 radical (unpaired) electrons. The van der Waals surface area contributed by atoms with Crippen molar-refractivity contribution in [2.45, 2.75) is 13.5 Å². The van der Waals surface area contributed by atoms with Gasteiger partial charge in [0.05, 0.1) is 25.5 Å². The molecule has 2 N–H and O–H groups in total. The van der Waals surface area contributed by atoms with Crippen molar-refractivity contribution in [3.05, 3.63) is 35.9 Å². The molecule has 0 atom stereocenters. The molecule has 0 aromatic heterocycles. The quantitative estimate of drug-likeness (QED) is 0.255. The lowest BCUT2D eigenvalue weighted by Gasteiger charge is -2.11. The minimum atomic E-state index is -2.96. The zero-order valence-electron chi connectivity index (χ0n) is 13.6. The number of hydrogen-bond donors (Lipinski definition) is 2. The van der Waals surface area contributed by atoms with Crippen LogP contribution in [0.1, 0.15) is 12.5 Å². The van der Waals surface area contributed by atoms with E-state index in [9.17, 15) is 8.42 Å². The second-order valence-corrected chi connectivity index (χ2v) is 7.11. The van der Waals surface area contributed by atoms with E-state index in [4.69, 9.17) is 4.74 Å². The predicted octanol–water partition coefficient (Wildman–Crippen LogP) is 1.42. The lowest BCUT2D eigenvalue weighted by molar-refractivity contribution is 0.154. The van der Waals surface area contributed by atoms with Crippen LogP contribution < -0.4 is 10.6 Å². The van der Waals surface area contributed by atoms with Gasteiger partial charge in [-0.15, -0.1) is 24.0 Å². The molecule has 8 heteroatoms. The molecule has 0 aliphatic rings. The normalized spacial score (nSPS) is 11.7. The molecule has 0 unspecified atom stereocenters. The molecule has 1 aromatic rings. The summed E-state index contributed by atoms with van der Waals surface area (Å²) in [5.74, 6) is 0.771. The van der Waals surface area contributed by atoms with Crippen LogP contribution in [0.4, 0.5) is 0 Å². The van der Waals surface area contributed by atoms with Crippen molar-refractivity contribution in [2.75, 3.05) is 38.3 Å². The molecule has 23 heavy (non-hydrogen) atoms. The molecule has 0 fully saturated rings. The Bertz CT molecular complexity index is 550. The minimum absolute atomic E-state index is 0. The number of halogens is 1. The van der Waals surface area contributed by atoms with Gasteiger partial charge in [-0.05, 0) is 12.5 Å². The highest BCUT2D eigenvalue weighted by molar-refractivity contribution is 14.0. The van der Waals surface area contributed by atoms with Crippen LogP contribution in [-0.4, -0.2) is 52.7 Å². The van der Waals surface area contributed by atoms with Crippen molar-refractivity contribution in [1.29, 1.82) is 0 Å². The molecular weight excluding hydrogens is 429 g/mol. The van der Waals surface area contributed by atoms with Gasteiger partial charge < -0.3 is 15.4 Å². The summed E-state index contributed by atoms with van der Waals surface area (Å²) in [5.41, 5.74) is 1.14. The van der Waals surface area contributed by atoms with Crippen LogP contribution in [0.15, 0.2) is 35.3 Å². The number of nitrogens with one attached hydrogen (secondary N) is 2. The van der Waals surface area contributed by atoms with E-state index in [0.717, 1.165) is 18.1 Å². The van der Waals surface area contributed by atoms with Gasteiger partial charge in [0.1, 0.15) is 9.84 Å². The Balaban J connectivity index is 0.00000484. The van der Waals surface area contributed by atoms with E-state index in [-0.39, 0.29) is 36.3 Å². The van der Waals surface area contributed by atoms with Crippen molar-refractivity contribution in [3.8, 4) is 0 Å². The fraction of sp³-hybridized carbons (Fsp3) is 0.533. The van der Waals surface area contributed by atoms with E-state index in [0.29, 0.717) is 19.7 Å². The summed E-state index contributed by atoms with van der Waals surface area (Å²) in [4.78, 5) is 4.48. The first-order valence-electron chi connectivity index (χ1n) is 7.33. The SMILES string of the molecule is CCNC(=NCc1ccccc1)NCCOCCS(C)(=O)=O.I. The van der Waals surface area contributed by atoms with Crippen LogP contribution in [0.2, 0.25) is 0 Å². The fourth-order valence-corrected chi connectivity index (χ4v) is 2.07. The van der Waals surface area contributed by atoms with Crippen molar-refractivity contribution < 1.29 is 13.2 Å². The first-order valence-corrected chi connectivity index (χ1v) is 9.39. The Morgan fingerprint density at radius 2 is 1.87 bits per heavy atom. The van der Waals surface area contributed by atoms with Gasteiger partial charge in [-0.25, -0.2) is 13.4 Å². The van der Waals surface area contributed by atoms with Gasteiger partial charge in [-0.3, -0.25) is 0 Å². The van der Waals surface area contributed by atoms with Crippen LogP contribution in [0.3, 0.4) is 0 Å². The second kappa shape index (κ2) is 12.5. The number of benzene rings is 1. The summed E-state index contributed by atoms with van der Waals surface area (Å²) in [6.45, 7) is 4.61. The third kappa shape index (κ3) is 12.2. The molecule has 1 rings (SSSR count). The summed E-state index contributed by atoms with van der Waals surface area (Å²) in [6, 6.07) is 10.0. The lowest BCUT2D eigenvalue weighted by Crippen LogP contribution is -2.39. The molecule has 0 saturated heterocycles. The zero-order valence-corrected chi connectivity index (χ0v) is 16.8.